The van der Waals surface area contributed by atoms with Crippen LogP contribution in [0.5, 0.6) is 17.2 Å². The van der Waals surface area contributed by atoms with Crippen molar-refractivity contribution in [3.05, 3.63) is 28.0 Å². The molecule has 0 aliphatic heterocycles. The van der Waals surface area contributed by atoms with Crippen molar-refractivity contribution < 1.29 is 19.4 Å². The number of Topliss-reactive ketones (excluding diaryl/α,β-unsaturated/α-hetero) is 1. The normalized spacial score (nSPS) is 10.5. The predicted molar refractivity (Wildman–Crippen MR) is 69.3 cm³/mol. The third-order valence-corrected chi connectivity index (χ3v) is 2.84. The number of benzene rings is 1. The minimum Gasteiger partial charge on any atom is -0.506 e. The Hall–Kier alpha value is -2.50. The number of nitrogens with one attached hydrogen (secondary N) is 1. The van der Waals surface area contributed by atoms with E-state index in [1.165, 1.54) is 33.3 Å². The number of carbonyl (C=O) groups is 1. The third kappa shape index (κ3) is 2.01. The van der Waals surface area contributed by atoms with E-state index in [9.17, 15) is 14.7 Å². The second-order valence-electron chi connectivity index (χ2n) is 3.99. The van der Waals surface area contributed by atoms with Crippen molar-refractivity contribution in [1.82, 2.24) is 4.98 Å². The average Bonchev–Trinajstić information content (AvgIpc) is 2.36. The van der Waals surface area contributed by atoms with Gasteiger partial charge in [-0.15, -0.1) is 0 Å². The first-order valence-corrected chi connectivity index (χ1v) is 5.51. The maximum absolute atomic E-state index is 11.7. The Balaban J connectivity index is 2.90. The highest BCUT2D eigenvalue weighted by atomic mass is 16.5. The van der Waals surface area contributed by atoms with Gasteiger partial charge in [-0.1, -0.05) is 0 Å². The van der Waals surface area contributed by atoms with Gasteiger partial charge in [0.25, 0.3) is 5.56 Å². The number of aromatic nitrogens is 1. The number of methoxy groups -OCH3 is 2. The van der Waals surface area contributed by atoms with Crippen molar-refractivity contribution in [3.63, 3.8) is 0 Å². The molecule has 0 amide bonds. The largest absolute Gasteiger partial charge is 0.506 e. The first-order valence-electron chi connectivity index (χ1n) is 5.51. The molecule has 1 aromatic heterocycles. The molecule has 1 aromatic carbocycles. The summed E-state index contributed by atoms with van der Waals surface area (Å²) in [7, 11) is 2.92. The number of hydrogen-bond donors (Lipinski definition) is 2. The number of H-pyrrole nitrogens is 1. The Morgan fingerprint density at radius 2 is 1.79 bits per heavy atom. The van der Waals surface area contributed by atoms with Crippen LogP contribution >= 0.6 is 0 Å². The third-order valence-electron chi connectivity index (χ3n) is 2.84. The van der Waals surface area contributed by atoms with Crippen molar-refractivity contribution in [2.24, 2.45) is 0 Å². The van der Waals surface area contributed by atoms with Gasteiger partial charge in [0.05, 0.1) is 19.7 Å². The molecule has 0 aliphatic rings. The van der Waals surface area contributed by atoms with Crippen LogP contribution in [0.25, 0.3) is 10.9 Å². The summed E-state index contributed by atoms with van der Waals surface area (Å²) in [6.45, 7) is 1.22. The molecule has 2 aromatic rings. The Morgan fingerprint density at radius 3 is 2.32 bits per heavy atom. The molecule has 0 atom stereocenters. The second kappa shape index (κ2) is 4.64. The Bertz CT molecular complexity index is 717. The standard InChI is InChI=1S/C13H13NO5/c1-6(15)11-12(16)7-4-9(18-2)10(19-3)5-8(7)14-13(11)17/h4-5H,1-3H3,(H2,14,16,17). The van der Waals surface area contributed by atoms with Crippen LogP contribution in [0.4, 0.5) is 0 Å². The van der Waals surface area contributed by atoms with Gasteiger partial charge < -0.3 is 19.6 Å². The molecule has 0 saturated heterocycles. The van der Waals surface area contributed by atoms with Gasteiger partial charge >= 0.3 is 0 Å². The van der Waals surface area contributed by atoms with E-state index >= 15 is 0 Å². The van der Waals surface area contributed by atoms with E-state index < -0.39 is 11.3 Å². The van der Waals surface area contributed by atoms with Crippen molar-refractivity contribution in [2.75, 3.05) is 14.2 Å². The number of rotatable bonds is 3. The summed E-state index contributed by atoms with van der Waals surface area (Å²) in [5, 5.41) is 10.4. The smallest absolute Gasteiger partial charge is 0.263 e. The summed E-state index contributed by atoms with van der Waals surface area (Å²) in [5.74, 6) is -0.0462. The molecular formula is C13H13NO5. The van der Waals surface area contributed by atoms with Crippen LogP contribution in [-0.4, -0.2) is 30.1 Å². The van der Waals surface area contributed by atoms with Crippen molar-refractivity contribution in [3.8, 4) is 17.2 Å². The molecule has 19 heavy (non-hydrogen) atoms. The summed E-state index contributed by atoms with van der Waals surface area (Å²) in [6.07, 6.45) is 0. The SMILES string of the molecule is COc1cc2[nH]c(=O)c(C(C)=O)c(O)c2cc1OC. The lowest BCUT2D eigenvalue weighted by Gasteiger charge is -2.11. The summed E-state index contributed by atoms with van der Waals surface area (Å²) in [4.78, 5) is 25.6. The second-order valence-corrected chi connectivity index (χ2v) is 3.99. The summed E-state index contributed by atoms with van der Waals surface area (Å²) >= 11 is 0. The van der Waals surface area contributed by atoms with Gasteiger partial charge in [-0.3, -0.25) is 9.59 Å². The maximum Gasteiger partial charge on any atom is 0.263 e. The molecular weight excluding hydrogens is 250 g/mol. The molecule has 0 fully saturated rings. The predicted octanol–water partition coefficient (Wildman–Crippen LogP) is 1.45. The number of pyridine rings is 1. The fourth-order valence-electron chi connectivity index (χ4n) is 1.93. The van der Waals surface area contributed by atoms with Crippen LogP contribution in [0.15, 0.2) is 16.9 Å². The van der Waals surface area contributed by atoms with Crippen molar-refractivity contribution in [1.29, 1.82) is 0 Å². The number of ether oxygens (including phenoxy) is 2. The maximum atomic E-state index is 11.7. The van der Waals surface area contributed by atoms with Crippen LogP contribution in [0.1, 0.15) is 17.3 Å². The summed E-state index contributed by atoms with van der Waals surface area (Å²) in [6, 6.07) is 3.03. The number of ketones is 1. The number of fused-ring (bicyclic) bond motifs is 1. The fourth-order valence-corrected chi connectivity index (χ4v) is 1.93. The van der Waals surface area contributed by atoms with E-state index in [0.29, 0.717) is 22.4 Å². The molecule has 0 radical (unpaired) electrons. The molecule has 0 spiro atoms. The molecule has 0 unspecified atom stereocenters. The number of carbonyl (C=O) groups excluding carboxylic acids is 1. The molecule has 2 N–H and O–H groups in total. The van der Waals surface area contributed by atoms with Crippen LogP contribution in [0, 0.1) is 0 Å². The van der Waals surface area contributed by atoms with E-state index in [-0.39, 0.29) is 11.3 Å². The molecule has 1 heterocycles. The quantitative estimate of drug-likeness (QED) is 0.818. The van der Waals surface area contributed by atoms with Crippen molar-refractivity contribution >= 4 is 16.7 Å². The highest BCUT2D eigenvalue weighted by Gasteiger charge is 2.17. The lowest BCUT2D eigenvalue weighted by Crippen LogP contribution is -2.16. The first-order chi connectivity index (χ1) is 8.99. The highest BCUT2D eigenvalue weighted by Crippen LogP contribution is 2.35. The average molecular weight is 263 g/mol. The first kappa shape index (κ1) is 12.9. The molecule has 0 aliphatic carbocycles. The molecule has 6 heteroatoms. The zero-order valence-corrected chi connectivity index (χ0v) is 10.7. The van der Waals surface area contributed by atoms with E-state index in [1.54, 1.807) is 0 Å². The Kier molecular flexibility index (Phi) is 3.16. The van der Waals surface area contributed by atoms with Gasteiger partial charge in [-0.25, -0.2) is 0 Å². The highest BCUT2D eigenvalue weighted by molar-refractivity contribution is 6.02. The van der Waals surface area contributed by atoms with E-state index in [0.717, 1.165) is 0 Å². The van der Waals surface area contributed by atoms with Gasteiger partial charge in [0.2, 0.25) is 0 Å². The molecule has 0 saturated carbocycles. The minimum atomic E-state index is -0.635. The Labute approximate surface area is 108 Å². The molecule has 100 valence electrons. The van der Waals surface area contributed by atoms with Gasteiger partial charge in [0, 0.05) is 11.5 Å². The van der Waals surface area contributed by atoms with E-state index in [2.05, 4.69) is 4.98 Å². The molecule has 0 bridgehead atoms. The fraction of sp³-hybridized carbons (Fsp3) is 0.231. The monoisotopic (exact) mass is 263 g/mol. The minimum absolute atomic E-state index is 0.264. The van der Waals surface area contributed by atoms with Crippen molar-refractivity contribution in [2.45, 2.75) is 6.92 Å². The van der Waals surface area contributed by atoms with Gasteiger partial charge in [-0.05, 0) is 13.0 Å². The van der Waals surface area contributed by atoms with Gasteiger partial charge in [-0.2, -0.15) is 0 Å². The van der Waals surface area contributed by atoms with Crippen LogP contribution < -0.4 is 15.0 Å². The van der Waals surface area contributed by atoms with Crippen LogP contribution in [0.2, 0.25) is 0 Å². The zero-order valence-electron chi connectivity index (χ0n) is 10.7. The topological polar surface area (TPSA) is 88.6 Å². The van der Waals surface area contributed by atoms with Gasteiger partial charge in [0.1, 0.15) is 11.3 Å². The lowest BCUT2D eigenvalue weighted by molar-refractivity contribution is 0.101. The number of aromatic amines is 1. The number of aromatic hydroxyl groups is 1. The number of hydrogen-bond acceptors (Lipinski definition) is 5. The van der Waals surface area contributed by atoms with E-state index in [4.69, 9.17) is 9.47 Å². The lowest BCUT2D eigenvalue weighted by atomic mass is 10.1. The van der Waals surface area contributed by atoms with Crippen LogP contribution in [-0.2, 0) is 0 Å². The Morgan fingerprint density at radius 1 is 1.21 bits per heavy atom. The summed E-state index contributed by atoms with van der Waals surface area (Å²) in [5.41, 5.74) is -0.533. The van der Waals surface area contributed by atoms with Crippen LogP contribution in [0.3, 0.4) is 0 Å². The molecule has 2 rings (SSSR count). The van der Waals surface area contributed by atoms with Gasteiger partial charge in [0.15, 0.2) is 17.3 Å². The summed E-state index contributed by atoms with van der Waals surface area (Å²) < 4.78 is 10.2. The molecule has 6 nitrogen and oxygen atoms in total. The zero-order chi connectivity index (χ0) is 14.2. The van der Waals surface area contributed by atoms with E-state index in [1.807, 2.05) is 0 Å².